The first-order chi connectivity index (χ1) is 35.3. The molecule has 0 aromatic rings. The van der Waals surface area contributed by atoms with Crippen molar-refractivity contribution in [3.8, 4) is 0 Å². The lowest BCUT2D eigenvalue weighted by molar-refractivity contribution is -0.302. The van der Waals surface area contributed by atoms with Crippen LogP contribution in [-0.4, -0.2) is 87.5 Å². The zero-order chi connectivity index (χ0) is 52.2. The number of aliphatic hydroxyl groups excluding tert-OH is 5. The molecule has 0 radical (unpaired) electrons. The van der Waals surface area contributed by atoms with Gasteiger partial charge in [0.15, 0.2) is 6.29 Å². The lowest BCUT2D eigenvalue weighted by Gasteiger charge is -2.40. The van der Waals surface area contributed by atoms with E-state index in [1.54, 1.807) is 6.08 Å². The van der Waals surface area contributed by atoms with Crippen LogP contribution in [0.3, 0.4) is 0 Å². The Morgan fingerprint density at radius 2 is 0.861 bits per heavy atom. The summed E-state index contributed by atoms with van der Waals surface area (Å²) >= 11 is 0. The Labute approximate surface area is 439 Å². The van der Waals surface area contributed by atoms with Crippen molar-refractivity contribution >= 4 is 5.91 Å². The number of amides is 1. The van der Waals surface area contributed by atoms with E-state index in [4.69, 9.17) is 9.47 Å². The van der Waals surface area contributed by atoms with Gasteiger partial charge in [0.1, 0.15) is 24.4 Å². The second-order valence-corrected chi connectivity index (χ2v) is 19.0. The van der Waals surface area contributed by atoms with Crippen LogP contribution in [0.4, 0.5) is 0 Å². The molecule has 0 bridgehead atoms. The van der Waals surface area contributed by atoms with Gasteiger partial charge in [-0.1, -0.05) is 231 Å². The van der Waals surface area contributed by atoms with Crippen molar-refractivity contribution in [3.63, 3.8) is 0 Å². The fourth-order valence-electron chi connectivity index (χ4n) is 8.01. The van der Waals surface area contributed by atoms with E-state index in [-0.39, 0.29) is 12.5 Å². The molecule has 1 fully saturated rings. The first-order valence-corrected chi connectivity index (χ1v) is 28.4. The SMILES string of the molecule is CC/C=C\C/C=C\C/C=C\C/C=C\C/C=C\C/C=C\C/C=C\C/C=C\C/C=C\C/C=C\CCCCCCC(=O)NC(COC1OC(CO)C(O)C(O)C1O)C(O)/C=C/CCCCCCCCCCCCCC. The van der Waals surface area contributed by atoms with Crippen molar-refractivity contribution < 1.29 is 39.8 Å². The number of rotatable bonds is 46. The summed E-state index contributed by atoms with van der Waals surface area (Å²) in [5.74, 6) is -0.208. The van der Waals surface area contributed by atoms with Crippen LogP contribution in [0.15, 0.2) is 134 Å². The average Bonchev–Trinajstić information content (AvgIpc) is 3.38. The van der Waals surface area contributed by atoms with Crippen LogP contribution >= 0.6 is 0 Å². The Hall–Kier alpha value is -3.67. The van der Waals surface area contributed by atoms with Gasteiger partial charge in [-0.05, 0) is 96.3 Å². The summed E-state index contributed by atoms with van der Waals surface area (Å²) < 4.78 is 11.2. The monoisotopic (exact) mass is 1000 g/mol. The molecule has 1 heterocycles. The van der Waals surface area contributed by atoms with E-state index in [1.807, 2.05) is 6.08 Å². The lowest BCUT2D eigenvalue weighted by atomic mass is 9.99. The number of aliphatic hydroxyl groups is 5. The molecule has 72 heavy (non-hydrogen) atoms. The summed E-state index contributed by atoms with van der Waals surface area (Å²) in [4.78, 5) is 13.0. The molecule has 9 nitrogen and oxygen atoms in total. The number of unbranched alkanes of at least 4 members (excludes halogenated alkanes) is 16. The van der Waals surface area contributed by atoms with Crippen LogP contribution in [0.25, 0.3) is 0 Å². The summed E-state index contributed by atoms with van der Waals surface area (Å²) in [5.41, 5.74) is 0. The molecule has 1 aliphatic heterocycles. The molecule has 7 unspecified atom stereocenters. The molecule has 0 aromatic carbocycles. The molecule has 1 aliphatic rings. The molecule has 1 amide bonds. The molecule has 9 heteroatoms. The van der Waals surface area contributed by atoms with Gasteiger partial charge in [0.25, 0.3) is 0 Å². The fraction of sp³-hybridized carbons (Fsp3) is 0.635. The summed E-state index contributed by atoms with van der Waals surface area (Å²) in [7, 11) is 0. The third-order valence-electron chi connectivity index (χ3n) is 12.5. The van der Waals surface area contributed by atoms with Gasteiger partial charge < -0.3 is 40.3 Å². The van der Waals surface area contributed by atoms with Crippen molar-refractivity contribution in [2.24, 2.45) is 0 Å². The van der Waals surface area contributed by atoms with Crippen molar-refractivity contribution in [2.75, 3.05) is 13.2 Å². The topological polar surface area (TPSA) is 149 Å². The largest absolute Gasteiger partial charge is 0.394 e. The van der Waals surface area contributed by atoms with E-state index in [0.29, 0.717) is 6.42 Å². The summed E-state index contributed by atoms with van der Waals surface area (Å²) in [6, 6.07) is -0.828. The van der Waals surface area contributed by atoms with Crippen LogP contribution in [0.5, 0.6) is 0 Å². The Bertz CT molecular complexity index is 1580. The van der Waals surface area contributed by atoms with Gasteiger partial charge in [0, 0.05) is 6.42 Å². The van der Waals surface area contributed by atoms with Crippen LogP contribution in [0, 0.1) is 0 Å². The number of nitrogens with one attached hydrogen (secondary N) is 1. The van der Waals surface area contributed by atoms with Gasteiger partial charge in [0.2, 0.25) is 5.91 Å². The highest BCUT2D eigenvalue weighted by atomic mass is 16.7. The maximum absolute atomic E-state index is 13.0. The van der Waals surface area contributed by atoms with E-state index in [0.717, 1.165) is 116 Å². The van der Waals surface area contributed by atoms with E-state index < -0.39 is 49.5 Å². The van der Waals surface area contributed by atoms with E-state index in [2.05, 4.69) is 141 Å². The predicted octanol–water partition coefficient (Wildman–Crippen LogP) is 14.1. The molecule has 0 aliphatic carbocycles. The third-order valence-corrected chi connectivity index (χ3v) is 12.5. The fourth-order valence-corrected chi connectivity index (χ4v) is 8.01. The molecule has 0 aromatic heterocycles. The normalized spacial score (nSPS) is 20.2. The minimum Gasteiger partial charge on any atom is -0.394 e. The van der Waals surface area contributed by atoms with Crippen LogP contribution in [0.2, 0.25) is 0 Å². The third kappa shape index (κ3) is 39.8. The Balaban J connectivity index is 2.24. The highest BCUT2D eigenvalue weighted by Gasteiger charge is 2.44. The smallest absolute Gasteiger partial charge is 0.220 e. The van der Waals surface area contributed by atoms with Crippen molar-refractivity contribution in [1.82, 2.24) is 5.32 Å². The maximum Gasteiger partial charge on any atom is 0.220 e. The first kappa shape index (κ1) is 66.3. The van der Waals surface area contributed by atoms with E-state index in [9.17, 15) is 30.3 Å². The van der Waals surface area contributed by atoms with Gasteiger partial charge in [0.05, 0.1) is 25.4 Å². The quantitative estimate of drug-likeness (QED) is 0.0261. The van der Waals surface area contributed by atoms with Crippen molar-refractivity contribution in [1.29, 1.82) is 0 Å². The molecule has 1 rings (SSSR count). The van der Waals surface area contributed by atoms with Crippen LogP contribution < -0.4 is 5.32 Å². The summed E-state index contributed by atoms with van der Waals surface area (Å²) in [5, 5.41) is 54.4. The summed E-state index contributed by atoms with van der Waals surface area (Å²) in [6.07, 6.45) is 70.8. The number of carbonyl (C=O) groups excluding carboxylic acids is 1. The molecule has 6 N–H and O–H groups in total. The Morgan fingerprint density at radius 3 is 1.28 bits per heavy atom. The molecule has 0 spiro atoms. The van der Waals surface area contributed by atoms with Gasteiger partial charge in [-0.3, -0.25) is 4.79 Å². The van der Waals surface area contributed by atoms with Gasteiger partial charge in [-0.25, -0.2) is 0 Å². The highest BCUT2D eigenvalue weighted by Crippen LogP contribution is 2.22. The van der Waals surface area contributed by atoms with Crippen LogP contribution in [0.1, 0.15) is 200 Å². The number of allylic oxidation sites excluding steroid dienone is 21. The minimum atomic E-state index is -1.58. The molecule has 408 valence electrons. The minimum absolute atomic E-state index is 0.207. The molecular weight excluding hydrogens is 899 g/mol. The van der Waals surface area contributed by atoms with Crippen LogP contribution in [-0.2, 0) is 14.3 Å². The van der Waals surface area contributed by atoms with Gasteiger partial charge in [-0.2, -0.15) is 0 Å². The first-order valence-electron chi connectivity index (χ1n) is 28.4. The molecular formula is C63H103NO8. The predicted molar refractivity (Wildman–Crippen MR) is 303 cm³/mol. The highest BCUT2D eigenvalue weighted by molar-refractivity contribution is 5.76. The lowest BCUT2D eigenvalue weighted by Crippen LogP contribution is -2.60. The summed E-state index contributed by atoms with van der Waals surface area (Å²) in [6.45, 7) is 3.63. The second kappa shape index (κ2) is 50.8. The van der Waals surface area contributed by atoms with Gasteiger partial charge >= 0.3 is 0 Å². The Kier molecular flexibility index (Phi) is 46.9. The zero-order valence-corrected chi connectivity index (χ0v) is 45.1. The molecule has 0 saturated carbocycles. The number of hydrogen-bond acceptors (Lipinski definition) is 8. The molecule has 1 saturated heterocycles. The maximum atomic E-state index is 13.0. The number of carbonyl (C=O) groups is 1. The van der Waals surface area contributed by atoms with Crippen molar-refractivity contribution in [3.05, 3.63) is 134 Å². The van der Waals surface area contributed by atoms with E-state index in [1.165, 1.54) is 64.2 Å². The van der Waals surface area contributed by atoms with E-state index >= 15 is 0 Å². The standard InChI is InChI=1S/C63H103NO8/c1-3-5-7-9-11-13-15-17-19-20-21-22-23-24-25-26-27-28-29-30-31-32-33-34-35-36-37-38-39-41-43-45-47-49-51-53-59(67)64-56(55-71-63-62(70)61(69)60(68)58(54-65)72-63)57(66)52-50-48-46-44-42-40-18-16-14-12-10-8-6-4-2/h5,7,11,13,17,19,21-22,24-25,27-28,30-31,33-34,36-37,39,41,50,52,56-58,60-63,65-66,68-70H,3-4,6,8-10,12,14-16,18,20,23,26,29,32,35,38,40,42-49,51,53-55H2,1-2H3,(H,64,67)/b7-5-,13-11-,19-17-,22-21-,25-24-,28-27-,31-30-,34-33-,37-36-,41-39-,52-50+. The number of hydrogen-bond donors (Lipinski definition) is 6. The average molecular weight is 1000 g/mol. The van der Waals surface area contributed by atoms with Gasteiger partial charge in [-0.15, -0.1) is 0 Å². The van der Waals surface area contributed by atoms with Crippen molar-refractivity contribution in [2.45, 2.75) is 243 Å². The molecule has 7 atom stereocenters. The Morgan fingerprint density at radius 1 is 0.486 bits per heavy atom. The second-order valence-electron chi connectivity index (χ2n) is 19.0. The number of ether oxygens (including phenoxy) is 2. The zero-order valence-electron chi connectivity index (χ0n) is 45.1.